The summed E-state index contributed by atoms with van der Waals surface area (Å²) in [5.74, 6) is -4.91. The maximum atomic E-state index is 12.6. The first kappa shape index (κ1) is 11.4. The molecular weight excluding hydrogens is 273 g/mol. The maximum absolute atomic E-state index is 12.6. The number of pyridine rings is 1. The molecule has 1 aromatic heterocycles. The minimum Gasteiger partial charge on any atom is -0.253 e. The van der Waals surface area contributed by atoms with E-state index in [9.17, 15) is 22.0 Å². The van der Waals surface area contributed by atoms with Gasteiger partial charge in [0.1, 0.15) is 5.69 Å². The number of alkyl halides is 5. The van der Waals surface area contributed by atoms with E-state index in [1.54, 1.807) is 0 Å². The first-order valence-electron chi connectivity index (χ1n) is 3.32. The van der Waals surface area contributed by atoms with Crippen LogP contribution >= 0.6 is 15.9 Å². The highest BCUT2D eigenvalue weighted by Gasteiger charge is 2.59. The molecule has 14 heavy (non-hydrogen) atoms. The Morgan fingerprint density at radius 1 is 1.07 bits per heavy atom. The predicted octanol–water partition coefficient (Wildman–Crippen LogP) is 3.50. The van der Waals surface area contributed by atoms with Crippen molar-refractivity contribution in [1.82, 2.24) is 4.98 Å². The molecule has 0 amide bonds. The van der Waals surface area contributed by atoms with Crippen LogP contribution in [0.4, 0.5) is 22.0 Å². The molecule has 1 rings (SSSR count). The summed E-state index contributed by atoms with van der Waals surface area (Å²) >= 11 is 2.87. The van der Waals surface area contributed by atoms with E-state index in [1.807, 2.05) is 0 Å². The van der Waals surface area contributed by atoms with Crippen molar-refractivity contribution in [3.05, 3.63) is 28.5 Å². The van der Waals surface area contributed by atoms with Gasteiger partial charge in [0.05, 0.1) is 0 Å². The topological polar surface area (TPSA) is 12.9 Å². The Hall–Kier alpha value is -0.720. The molecule has 0 saturated heterocycles. The minimum atomic E-state index is -5.62. The average Bonchev–Trinajstić information content (AvgIpc) is 2.03. The normalized spacial score (nSPS) is 13.0. The largest absolute Gasteiger partial charge is 0.459 e. The Balaban J connectivity index is 3.10. The number of aromatic nitrogens is 1. The molecule has 0 aliphatic carbocycles. The summed E-state index contributed by atoms with van der Waals surface area (Å²) in [6.45, 7) is 0. The van der Waals surface area contributed by atoms with Crippen molar-refractivity contribution in [2.45, 2.75) is 12.1 Å². The van der Waals surface area contributed by atoms with E-state index in [0.717, 1.165) is 12.3 Å². The first-order chi connectivity index (χ1) is 6.25. The van der Waals surface area contributed by atoms with Gasteiger partial charge in [-0.05, 0) is 28.1 Å². The summed E-state index contributed by atoms with van der Waals surface area (Å²) < 4.78 is 61.0. The van der Waals surface area contributed by atoms with Crippen LogP contribution in [0, 0.1) is 0 Å². The van der Waals surface area contributed by atoms with Gasteiger partial charge in [0.25, 0.3) is 0 Å². The van der Waals surface area contributed by atoms with Crippen molar-refractivity contribution in [1.29, 1.82) is 0 Å². The molecule has 78 valence electrons. The van der Waals surface area contributed by atoms with E-state index in [0.29, 0.717) is 10.5 Å². The zero-order chi connectivity index (χ0) is 11.0. The Kier molecular flexibility index (Phi) is 2.80. The van der Waals surface area contributed by atoms with Crippen LogP contribution in [-0.4, -0.2) is 11.2 Å². The second-order valence-electron chi connectivity index (χ2n) is 2.43. The summed E-state index contributed by atoms with van der Waals surface area (Å²) in [5.41, 5.74) is -1.31. The zero-order valence-electron chi connectivity index (χ0n) is 6.45. The molecule has 0 bridgehead atoms. The fourth-order valence-electron chi connectivity index (χ4n) is 0.707. The van der Waals surface area contributed by atoms with E-state index in [1.165, 1.54) is 0 Å². The van der Waals surface area contributed by atoms with Gasteiger partial charge in [-0.1, -0.05) is 0 Å². The van der Waals surface area contributed by atoms with E-state index in [4.69, 9.17) is 0 Å². The van der Waals surface area contributed by atoms with Gasteiger partial charge in [0, 0.05) is 10.7 Å². The van der Waals surface area contributed by atoms with Gasteiger partial charge in [0.2, 0.25) is 0 Å². The SMILES string of the molecule is FC(F)(F)C(F)(F)c1ccc(Br)cn1. The molecule has 0 aliphatic heterocycles. The molecule has 1 heterocycles. The third-order valence-corrected chi connectivity index (χ3v) is 1.87. The smallest absolute Gasteiger partial charge is 0.253 e. The number of halogens is 6. The highest BCUT2D eigenvalue weighted by molar-refractivity contribution is 9.10. The molecular formula is C7H3BrF5N. The van der Waals surface area contributed by atoms with E-state index in [2.05, 4.69) is 20.9 Å². The summed E-state index contributed by atoms with van der Waals surface area (Å²) in [7, 11) is 0. The fourth-order valence-corrected chi connectivity index (χ4v) is 0.941. The van der Waals surface area contributed by atoms with Gasteiger partial charge in [-0.2, -0.15) is 22.0 Å². The third-order valence-electron chi connectivity index (χ3n) is 1.41. The van der Waals surface area contributed by atoms with Gasteiger partial charge in [-0.3, -0.25) is 4.98 Å². The van der Waals surface area contributed by atoms with Crippen LogP contribution in [0.25, 0.3) is 0 Å². The quantitative estimate of drug-likeness (QED) is 0.715. The lowest BCUT2D eigenvalue weighted by molar-refractivity contribution is -0.290. The standard InChI is InChI=1S/C7H3BrF5N/c8-4-1-2-5(14-3-4)6(9,10)7(11,12)13/h1-3H. The molecule has 0 spiro atoms. The highest BCUT2D eigenvalue weighted by atomic mass is 79.9. The van der Waals surface area contributed by atoms with Gasteiger partial charge in [-0.25, -0.2) is 0 Å². The maximum Gasteiger partial charge on any atom is 0.459 e. The van der Waals surface area contributed by atoms with Crippen molar-refractivity contribution < 1.29 is 22.0 Å². The van der Waals surface area contributed by atoms with Gasteiger partial charge >= 0.3 is 12.1 Å². The van der Waals surface area contributed by atoms with E-state index < -0.39 is 17.8 Å². The second-order valence-corrected chi connectivity index (χ2v) is 3.35. The van der Waals surface area contributed by atoms with Crippen molar-refractivity contribution in [2.75, 3.05) is 0 Å². The monoisotopic (exact) mass is 275 g/mol. The van der Waals surface area contributed by atoms with Gasteiger partial charge in [-0.15, -0.1) is 0 Å². The van der Waals surface area contributed by atoms with E-state index in [-0.39, 0.29) is 0 Å². The van der Waals surface area contributed by atoms with E-state index >= 15 is 0 Å². The molecule has 0 unspecified atom stereocenters. The van der Waals surface area contributed by atoms with Crippen LogP contribution in [-0.2, 0) is 5.92 Å². The molecule has 0 N–H and O–H groups in total. The molecule has 0 atom stereocenters. The van der Waals surface area contributed by atoms with Gasteiger partial charge in [0.15, 0.2) is 0 Å². The lowest BCUT2D eigenvalue weighted by Crippen LogP contribution is -2.34. The summed E-state index contributed by atoms with van der Waals surface area (Å²) in [4.78, 5) is 3.00. The molecule has 1 nitrogen and oxygen atoms in total. The molecule has 1 aromatic rings. The van der Waals surface area contributed by atoms with Crippen molar-refractivity contribution in [3.63, 3.8) is 0 Å². The lowest BCUT2D eigenvalue weighted by atomic mass is 10.2. The predicted molar refractivity (Wildman–Crippen MR) is 41.9 cm³/mol. The van der Waals surface area contributed by atoms with Crippen molar-refractivity contribution in [2.24, 2.45) is 0 Å². The van der Waals surface area contributed by atoms with Crippen LogP contribution in [0.5, 0.6) is 0 Å². The number of nitrogens with zero attached hydrogens (tertiary/aromatic N) is 1. The summed E-state index contributed by atoms with van der Waals surface area (Å²) in [6.07, 6.45) is -4.73. The van der Waals surface area contributed by atoms with Crippen molar-refractivity contribution in [3.8, 4) is 0 Å². The molecule has 0 fully saturated rings. The molecule has 0 aliphatic rings. The Morgan fingerprint density at radius 3 is 2.00 bits per heavy atom. The van der Waals surface area contributed by atoms with Crippen LogP contribution in [0.2, 0.25) is 0 Å². The Bertz CT molecular complexity index is 318. The fraction of sp³-hybridized carbons (Fsp3) is 0.286. The molecule has 0 radical (unpaired) electrons. The number of rotatable bonds is 1. The summed E-state index contributed by atoms with van der Waals surface area (Å²) in [5, 5.41) is 0. The summed E-state index contributed by atoms with van der Waals surface area (Å²) in [6, 6.07) is 1.69. The number of hydrogen-bond acceptors (Lipinski definition) is 1. The van der Waals surface area contributed by atoms with Crippen molar-refractivity contribution >= 4 is 15.9 Å². The number of hydrogen-bond donors (Lipinski definition) is 0. The van der Waals surface area contributed by atoms with Crippen LogP contribution < -0.4 is 0 Å². The lowest BCUT2D eigenvalue weighted by Gasteiger charge is -2.18. The van der Waals surface area contributed by atoms with Crippen LogP contribution in [0.1, 0.15) is 5.69 Å². The Morgan fingerprint density at radius 2 is 1.64 bits per heavy atom. The Labute approximate surface area is 84.1 Å². The third kappa shape index (κ3) is 2.02. The minimum absolute atomic E-state index is 0.333. The van der Waals surface area contributed by atoms with Crippen LogP contribution in [0.3, 0.4) is 0 Å². The zero-order valence-corrected chi connectivity index (χ0v) is 8.03. The van der Waals surface area contributed by atoms with Gasteiger partial charge < -0.3 is 0 Å². The molecule has 0 saturated carbocycles. The average molecular weight is 276 g/mol. The molecule has 0 aromatic carbocycles. The first-order valence-corrected chi connectivity index (χ1v) is 4.11. The van der Waals surface area contributed by atoms with Crippen LogP contribution in [0.15, 0.2) is 22.8 Å². The second kappa shape index (κ2) is 3.45. The highest BCUT2D eigenvalue weighted by Crippen LogP contribution is 2.42. The molecule has 7 heteroatoms.